The van der Waals surface area contributed by atoms with Crippen LogP contribution in [0.3, 0.4) is 0 Å². The van der Waals surface area contributed by atoms with Crippen molar-refractivity contribution in [2.24, 2.45) is 56.7 Å². The van der Waals surface area contributed by atoms with Gasteiger partial charge in [0.25, 0.3) is 0 Å². The molecule has 0 aromatic carbocycles. The number of carboxylic acid groups (broad SMARTS) is 1. The van der Waals surface area contributed by atoms with Crippen molar-refractivity contribution in [3.63, 3.8) is 0 Å². The summed E-state index contributed by atoms with van der Waals surface area (Å²) in [7, 11) is 1.88. The van der Waals surface area contributed by atoms with Crippen molar-refractivity contribution in [2.45, 2.75) is 146 Å². The molecule has 4 saturated carbocycles. The lowest BCUT2D eigenvalue weighted by atomic mass is 9.36. The Bertz CT molecular complexity index is 1310. The van der Waals surface area contributed by atoms with E-state index < -0.39 is 17.4 Å². The van der Waals surface area contributed by atoms with E-state index in [2.05, 4.69) is 41.5 Å². The van der Waals surface area contributed by atoms with E-state index in [1.807, 2.05) is 11.9 Å². The van der Waals surface area contributed by atoms with Crippen LogP contribution in [0.5, 0.6) is 0 Å². The van der Waals surface area contributed by atoms with Gasteiger partial charge in [0.05, 0.1) is 11.8 Å². The molecule has 0 heterocycles. The molecule has 266 valence electrons. The molecule has 4 fully saturated rings. The Morgan fingerprint density at radius 3 is 2.19 bits per heavy atom. The first-order valence-electron chi connectivity index (χ1n) is 18.1. The van der Waals surface area contributed by atoms with Crippen molar-refractivity contribution in [3.05, 3.63) is 11.1 Å². The van der Waals surface area contributed by atoms with Gasteiger partial charge in [-0.1, -0.05) is 54.5 Å². The van der Waals surface area contributed by atoms with Crippen molar-refractivity contribution in [1.82, 2.24) is 4.90 Å². The van der Waals surface area contributed by atoms with Crippen molar-refractivity contribution in [3.8, 4) is 0 Å². The fourth-order valence-corrected chi connectivity index (χ4v) is 12.1. The number of hydrogen-bond acceptors (Lipinski definition) is 5. The first kappa shape index (κ1) is 37.6. The van der Waals surface area contributed by atoms with Crippen molar-refractivity contribution < 1.29 is 29.0 Å². The SMILES string of the molecule is C.CC(=O)N(C)CCC12CCC3C(CCC4C3(C)CCC3C(C)(C)C(OC(=O)CC(C)(C)C(=O)O)CCC34C)C1=C(C(C)C)C(=O)C2. The van der Waals surface area contributed by atoms with Gasteiger partial charge in [-0.05, 0) is 118 Å². The summed E-state index contributed by atoms with van der Waals surface area (Å²) in [6.07, 6.45) is 9.69. The molecule has 8 unspecified atom stereocenters. The second-order valence-electron chi connectivity index (χ2n) is 18.2. The van der Waals surface area contributed by atoms with Crippen LogP contribution in [-0.4, -0.2) is 53.3 Å². The number of aliphatic carboxylic acids is 1. The van der Waals surface area contributed by atoms with Gasteiger partial charge in [0, 0.05) is 37.8 Å². The summed E-state index contributed by atoms with van der Waals surface area (Å²) >= 11 is 0. The molecule has 0 aliphatic heterocycles. The van der Waals surface area contributed by atoms with Crippen LogP contribution < -0.4 is 0 Å². The summed E-state index contributed by atoms with van der Waals surface area (Å²) in [6.45, 7) is 19.5. The Hall–Kier alpha value is -2.18. The number of ketones is 1. The third-order valence-corrected chi connectivity index (χ3v) is 14.6. The number of carboxylic acids is 1. The van der Waals surface area contributed by atoms with Gasteiger partial charge in [-0.2, -0.15) is 0 Å². The highest BCUT2D eigenvalue weighted by Gasteiger charge is 2.66. The summed E-state index contributed by atoms with van der Waals surface area (Å²) in [5, 5.41) is 9.55. The smallest absolute Gasteiger partial charge is 0.309 e. The molecule has 0 bridgehead atoms. The highest BCUT2D eigenvalue weighted by Crippen LogP contribution is 2.73. The first-order chi connectivity index (χ1) is 21.2. The van der Waals surface area contributed by atoms with Crippen LogP contribution in [0.4, 0.5) is 0 Å². The number of rotatable bonds is 8. The number of carbonyl (C=O) groups is 4. The van der Waals surface area contributed by atoms with E-state index in [1.54, 1.807) is 20.8 Å². The lowest BCUT2D eigenvalue weighted by molar-refractivity contribution is -0.214. The van der Waals surface area contributed by atoms with Crippen LogP contribution in [0, 0.1) is 56.7 Å². The lowest BCUT2D eigenvalue weighted by Crippen LogP contribution is -2.63. The molecule has 47 heavy (non-hydrogen) atoms. The zero-order valence-electron chi connectivity index (χ0n) is 30.4. The van der Waals surface area contributed by atoms with Crippen molar-refractivity contribution >= 4 is 23.6 Å². The second-order valence-corrected chi connectivity index (χ2v) is 18.2. The lowest BCUT2D eigenvalue weighted by Gasteiger charge is -2.69. The van der Waals surface area contributed by atoms with Gasteiger partial charge in [-0.25, -0.2) is 0 Å². The molecule has 1 N–H and O–H groups in total. The van der Waals surface area contributed by atoms with Gasteiger partial charge >= 0.3 is 11.9 Å². The van der Waals surface area contributed by atoms with Crippen molar-refractivity contribution in [2.75, 3.05) is 13.6 Å². The number of ether oxygens (including phenoxy) is 1. The number of Topliss-reactive ketones (excluding diaryl/α,β-unsaturated/α-hetero) is 1. The standard InChI is InChI=1S/C39H61NO6.CH4/c1-23(2)32-27(42)21-39(19-20-40(10)24(3)41)18-13-26-25(33(32)39)11-12-29-37(26,8)16-14-28-36(6,7)30(15-17-38(28,29)9)46-31(43)22-35(4,5)34(44)45;/h23,25-26,28-30H,11-22H2,1-10H3,(H,44,45);1H4. The average molecular weight is 656 g/mol. The minimum Gasteiger partial charge on any atom is -0.481 e. The summed E-state index contributed by atoms with van der Waals surface area (Å²) in [6, 6.07) is 0. The predicted octanol–water partition coefficient (Wildman–Crippen LogP) is 8.49. The number of hydrogen-bond donors (Lipinski definition) is 1. The van der Waals surface area contributed by atoms with Crippen LogP contribution in [0.25, 0.3) is 0 Å². The highest BCUT2D eigenvalue weighted by atomic mass is 16.5. The molecule has 0 saturated heterocycles. The van der Waals surface area contributed by atoms with Gasteiger partial charge < -0.3 is 14.7 Å². The zero-order chi connectivity index (χ0) is 34.2. The maximum absolute atomic E-state index is 13.7. The molecule has 5 rings (SSSR count). The highest BCUT2D eigenvalue weighted by molar-refractivity contribution is 6.00. The molecular formula is C40H65NO6. The second kappa shape index (κ2) is 12.6. The van der Waals surface area contributed by atoms with Gasteiger partial charge in [0.15, 0.2) is 5.78 Å². The summed E-state index contributed by atoms with van der Waals surface area (Å²) in [4.78, 5) is 52.3. The van der Waals surface area contributed by atoms with E-state index >= 15 is 0 Å². The quantitative estimate of drug-likeness (QED) is 0.263. The molecule has 0 aromatic rings. The van der Waals surface area contributed by atoms with E-state index in [1.165, 1.54) is 5.57 Å². The van der Waals surface area contributed by atoms with Crippen LogP contribution in [-0.2, 0) is 23.9 Å². The van der Waals surface area contributed by atoms with E-state index in [0.717, 1.165) is 63.4 Å². The Kier molecular flexibility index (Phi) is 10.1. The topological polar surface area (TPSA) is 101 Å². The summed E-state index contributed by atoms with van der Waals surface area (Å²) < 4.78 is 6.13. The Balaban J connectivity index is 0.00000500. The number of fused-ring (bicyclic) bond motifs is 7. The number of esters is 1. The molecule has 7 heteroatoms. The van der Waals surface area contributed by atoms with Crippen LogP contribution in [0.1, 0.15) is 140 Å². The van der Waals surface area contributed by atoms with Gasteiger partial charge in [-0.3, -0.25) is 19.2 Å². The average Bonchev–Trinajstić information content (AvgIpc) is 3.25. The summed E-state index contributed by atoms with van der Waals surface area (Å²) in [5.74, 6) is 1.22. The van der Waals surface area contributed by atoms with E-state index in [0.29, 0.717) is 42.4 Å². The van der Waals surface area contributed by atoms with E-state index in [9.17, 15) is 24.3 Å². The maximum Gasteiger partial charge on any atom is 0.309 e. The van der Waals surface area contributed by atoms with E-state index in [4.69, 9.17) is 4.74 Å². The molecule has 0 radical (unpaired) electrons. The van der Waals surface area contributed by atoms with Crippen LogP contribution in [0.2, 0.25) is 0 Å². The Labute approximate surface area is 285 Å². The number of carbonyl (C=O) groups excluding carboxylic acids is 3. The van der Waals surface area contributed by atoms with Gasteiger partial charge in [0.2, 0.25) is 5.91 Å². The normalized spacial score (nSPS) is 37.6. The van der Waals surface area contributed by atoms with Crippen LogP contribution in [0.15, 0.2) is 11.1 Å². The minimum atomic E-state index is -1.15. The molecule has 7 nitrogen and oxygen atoms in total. The third-order valence-electron chi connectivity index (χ3n) is 14.6. The number of nitrogens with zero attached hydrogens (tertiary/aromatic N) is 1. The fraction of sp³-hybridized carbons (Fsp3) is 0.850. The molecule has 1 amide bonds. The van der Waals surface area contributed by atoms with Gasteiger partial charge in [-0.15, -0.1) is 0 Å². The first-order valence-corrected chi connectivity index (χ1v) is 18.1. The predicted molar refractivity (Wildman–Crippen MR) is 185 cm³/mol. The van der Waals surface area contributed by atoms with Gasteiger partial charge in [0.1, 0.15) is 6.10 Å². The van der Waals surface area contributed by atoms with Crippen molar-refractivity contribution in [1.29, 1.82) is 0 Å². The molecule has 0 spiro atoms. The fourth-order valence-electron chi connectivity index (χ4n) is 12.1. The third kappa shape index (κ3) is 6.02. The van der Waals surface area contributed by atoms with E-state index in [-0.39, 0.29) is 53.4 Å². The molecule has 8 atom stereocenters. The molecular weight excluding hydrogens is 590 g/mol. The molecule has 0 aromatic heterocycles. The summed E-state index contributed by atoms with van der Waals surface area (Å²) in [5.41, 5.74) is 1.44. The largest absolute Gasteiger partial charge is 0.481 e. The Morgan fingerprint density at radius 1 is 0.957 bits per heavy atom. The number of amides is 1. The monoisotopic (exact) mass is 655 g/mol. The maximum atomic E-state index is 13.7. The molecule has 5 aliphatic carbocycles. The minimum absolute atomic E-state index is 0. The zero-order valence-corrected chi connectivity index (χ0v) is 30.4. The van der Waals surface area contributed by atoms with Crippen LogP contribution >= 0.6 is 0 Å². The Morgan fingerprint density at radius 2 is 1.60 bits per heavy atom. The number of allylic oxidation sites excluding steroid dienone is 2. The molecule has 5 aliphatic rings.